The molecule has 0 aromatic carbocycles. The van der Waals surface area contributed by atoms with E-state index in [1.54, 1.807) is 6.92 Å². The minimum atomic E-state index is -0.181. The van der Waals surface area contributed by atoms with Gasteiger partial charge in [-0.1, -0.05) is 33.8 Å². The van der Waals surface area contributed by atoms with Gasteiger partial charge in [0.1, 0.15) is 0 Å². The predicted molar refractivity (Wildman–Crippen MR) is 59.0 cm³/mol. The van der Waals surface area contributed by atoms with Crippen LogP contribution in [0.2, 0.25) is 0 Å². The average molecular weight is 198 g/mol. The van der Waals surface area contributed by atoms with Gasteiger partial charge in [0.15, 0.2) is 0 Å². The van der Waals surface area contributed by atoms with E-state index in [0.717, 1.165) is 6.42 Å². The topological polar surface area (TPSA) is 26.3 Å². The highest BCUT2D eigenvalue weighted by atomic mass is 16.5. The van der Waals surface area contributed by atoms with E-state index >= 15 is 0 Å². The second-order valence-electron chi connectivity index (χ2n) is 4.41. The molecule has 0 rings (SSSR count). The summed E-state index contributed by atoms with van der Waals surface area (Å²) in [5.41, 5.74) is 0.712. The second kappa shape index (κ2) is 6.63. The maximum atomic E-state index is 11.4. The van der Waals surface area contributed by atoms with Crippen LogP contribution in [0.3, 0.4) is 0 Å². The van der Waals surface area contributed by atoms with Crippen molar-refractivity contribution in [3.05, 3.63) is 11.6 Å². The molecule has 0 aliphatic heterocycles. The highest BCUT2D eigenvalue weighted by molar-refractivity contribution is 5.87. The van der Waals surface area contributed by atoms with Gasteiger partial charge in [-0.05, 0) is 25.2 Å². The van der Waals surface area contributed by atoms with E-state index in [4.69, 9.17) is 4.74 Å². The number of allylic oxidation sites excluding steroid dienone is 1. The van der Waals surface area contributed by atoms with Gasteiger partial charge in [-0.3, -0.25) is 0 Å². The number of hydrogen-bond acceptors (Lipinski definition) is 2. The van der Waals surface area contributed by atoms with Gasteiger partial charge in [0.2, 0.25) is 0 Å². The van der Waals surface area contributed by atoms with E-state index in [-0.39, 0.29) is 5.97 Å². The lowest BCUT2D eigenvalue weighted by atomic mass is 10.1. The van der Waals surface area contributed by atoms with E-state index < -0.39 is 0 Å². The fraction of sp³-hybridized carbons (Fsp3) is 0.750. The summed E-state index contributed by atoms with van der Waals surface area (Å²) in [7, 11) is 0. The van der Waals surface area contributed by atoms with Crippen LogP contribution in [0.4, 0.5) is 0 Å². The fourth-order valence-electron chi connectivity index (χ4n) is 1.07. The molecular weight excluding hydrogens is 176 g/mol. The van der Waals surface area contributed by atoms with Crippen LogP contribution >= 0.6 is 0 Å². The van der Waals surface area contributed by atoms with Gasteiger partial charge in [0, 0.05) is 5.57 Å². The summed E-state index contributed by atoms with van der Waals surface area (Å²) in [5, 5.41) is 0. The molecule has 0 saturated heterocycles. The quantitative estimate of drug-likeness (QED) is 0.501. The molecule has 0 saturated carbocycles. The number of hydrogen-bond donors (Lipinski definition) is 0. The maximum absolute atomic E-state index is 11.4. The number of carbonyl (C=O) groups is 1. The molecule has 0 bridgehead atoms. The lowest BCUT2D eigenvalue weighted by Crippen LogP contribution is -2.09. The van der Waals surface area contributed by atoms with Gasteiger partial charge in [-0.2, -0.15) is 0 Å². The summed E-state index contributed by atoms with van der Waals surface area (Å²) < 4.78 is 5.11. The third kappa shape index (κ3) is 6.70. The Morgan fingerprint density at radius 2 is 1.86 bits per heavy atom. The largest absolute Gasteiger partial charge is 0.462 e. The summed E-state index contributed by atoms with van der Waals surface area (Å²) in [4.78, 5) is 11.4. The van der Waals surface area contributed by atoms with Crippen LogP contribution in [0.25, 0.3) is 0 Å². The summed E-state index contributed by atoms with van der Waals surface area (Å²) in [6, 6.07) is 0. The molecule has 0 aromatic rings. The summed E-state index contributed by atoms with van der Waals surface area (Å²) >= 11 is 0. The van der Waals surface area contributed by atoms with Crippen molar-refractivity contribution in [2.75, 3.05) is 6.61 Å². The van der Waals surface area contributed by atoms with Crippen molar-refractivity contribution >= 4 is 5.97 Å². The smallest absolute Gasteiger partial charge is 0.333 e. The molecule has 0 N–H and O–H groups in total. The van der Waals surface area contributed by atoms with E-state index in [1.807, 2.05) is 19.9 Å². The molecule has 2 heteroatoms. The third-order valence-corrected chi connectivity index (χ3v) is 1.83. The Morgan fingerprint density at radius 1 is 1.29 bits per heavy atom. The van der Waals surface area contributed by atoms with Crippen LogP contribution in [0.15, 0.2) is 11.6 Å². The first kappa shape index (κ1) is 13.2. The lowest BCUT2D eigenvalue weighted by molar-refractivity contribution is -0.139. The van der Waals surface area contributed by atoms with Crippen LogP contribution in [-0.2, 0) is 9.53 Å². The van der Waals surface area contributed by atoms with Crippen molar-refractivity contribution in [2.45, 2.75) is 41.0 Å². The number of rotatable bonds is 5. The molecule has 0 amide bonds. The third-order valence-electron chi connectivity index (χ3n) is 1.83. The Hall–Kier alpha value is -0.790. The Balaban J connectivity index is 3.85. The van der Waals surface area contributed by atoms with E-state index in [9.17, 15) is 4.79 Å². The first-order valence-corrected chi connectivity index (χ1v) is 5.29. The molecule has 0 heterocycles. The molecule has 14 heavy (non-hydrogen) atoms. The second-order valence-corrected chi connectivity index (χ2v) is 4.41. The molecular formula is C12H22O2. The van der Waals surface area contributed by atoms with Crippen LogP contribution in [-0.4, -0.2) is 12.6 Å². The molecule has 0 radical (unpaired) electrons. The lowest BCUT2D eigenvalue weighted by Gasteiger charge is -2.07. The van der Waals surface area contributed by atoms with Gasteiger partial charge in [-0.25, -0.2) is 4.79 Å². The van der Waals surface area contributed by atoms with Gasteiger partial charge in [0.05, 0.1) is 6.61 Å². The van der Waals surface area contributed by atoms with Crippen LogP contribution in [0, 0.1) is 11.8 Å². The molecule has 2 nitrogen and oxygen atoms in total. The first-order chi connectivity index (χ1) is 6.43. The van der Waals surface area contributed by atoms with Gasteiger partial charge < -0.3 is 4.74 Å². The SMILES string of the molecule is C/C(=C\C(C)C)C(=O)OCCC(C)C. The van der Waals surface area contributed by atoms with Crippen molar-refractivity contribution in [1.29, 1.82) is 0 Å². The minimum absolute atomic E-state index is 0.181. The Labute approximate surface area is 87.3 Å². The Bertz CT molecular complexity index is 202. The van der Waals surface area contributed by atoms with Gasteiger partial charge in [0.25, 0.3) is 0 Å². The van der Waals surface area contributed by atoms with E-state index in [1.165, 1.54) is 0 Å². The van der Waals surface area contributed by atoms with Crippen molar-refractivity contribution < 1.29 is 9.53 Å². The molecule has 0 unspecified atom stereocenters. The minimum Gasteiger partial charge on any atom is -0.462 e. The molecule has 0 spiro atoms. The highest BCUT2D eigenvalue weighted by Gasteiger charge is 2.06. The normalized spacial score (nSPS) is 12.4. The Kier molecular flexibility index (Phi) is 6.26. The van der Waals surface area contributed by atoms with Gasteiger partial charge in [-0.15, -0.1) is 0 Å². The van der Waals surface area contributed by atoms with E-state index in [2.05, 4.69) is 13.8 Å². The predicted octanol–water partition coefficient (Wildman–Crippen LogP) is 3.18. The molecule has 82 valence electrons. The van der Waals surface area contributed by atoms with Crippen molar-refractivity contribution in [3.63, 3.8) is 0 Å². The number of carbonyl (C=O) groups excluding carboxylic acids is 1. The number of ether oxygens (including phenoxy) is 1. The molecule has 0 atom stereocenters. The van der Waals surface area contributed by atoms with Crippen molar-refractivity contribution in [1.82, 2.24) is 0 Å². The van der Waals surface area contributed by atoms with Crippen molar-refractivity contribution in [2.24, 2.45) is 11.8 Å². The monoisotopic (exact) mass is 198 g/mol. The molecule has 0 aliphatic carbocycles. The van der Waals surface area contributed by atoms with Crippen LogP contribution in [0.1, 0.15) is 41.0 Å². The zero-order chi connectivity index (χ0) is 11.1. The van der Waals surface area contributed by atoms with Crippen molar-refractivity contribution in [3.8, 4) is 0 Å². The maximum Gasteiger partial charge on any atom is 0.333 e. The Morgan fingerprint density at radius 3 is 2.29 bits per heavy atom. The van der Waals surface area contributed by atoms with Crippen LogP contribution in [0.5, 0.6) is 0 Å². The zero-order valence-electron chi connectivity index (χ0n) is 9.96. The zero-order valence-corrected chi connectivity index (χ0v) is 9.96. The highest BCUT2D eigenvalue weighted by Crippen LogP contribution is 2.05. The van der Waals surface area contributed by atoms with E-state index in [0.29, 0.717) is 24.0 Å². The summed E-state index contributed by atoms with van der Waals surface area (Å²) in [6.45, 7) is 10.7. The molecule has 0 aliphatic rings. The molecule has 0 fully saturated rings. The standard InChI is InChI=1S/C12H22O2/c1-9(2)6-7-14-12(13)11(5)8-10(3)4/h8-10H,6-7H2,1-5H3/b11-8+. The fourth-order valence-corrected chi connectivity index (χ4v) is 1.07. The van der Waals surface area contributed by atoms with Gasteiger partial charge >= 0.3 is 5.97 Å². The average Bonchev–Trinajstić information content (AvgIpc) is 2.01. The molecule has 0 aromatic heterocycles. The summed E-state index contributed by atoms with van der Waals surface area (Å²) in [6.07, 6.45) is 2.86. The number of esters is 1. The first-order valence-electron chi connectivity index (χ1n) is 5.29. The van der Waals surface area contributed by atoms with Crippen LogP contribution < -0.4 is 0 Å². The summed E-state index contributed by atoms with van der Waals surface area (Å²) in [5.74, 6) is 0.796.